The smallest absolute Gasteiger partial charge is 0.243 e. The van der Waals surface area contributed by atoms with E-state index in [9.17, 15) is 0 Å². The summed E-state index contributed by atoms with van der Waals surface area (Å²) in [6.07, 6.45) is 0. The third-order valence-corrected chi connectivity index (χ3v) is 3.25. The van der Waals surface area contributed by atoms with Crippen molar-refractivity contribution >= 4 is 5.69 Å². The zero-order chi connectivity index (χ0) is 16.2. The van der Waals surface area contributed by atoms with Gasteiger partial charge in [0.15, 0.2) is 0 Å². The summed E-state index contributed by atoms with van der Waals surface area (Å²) in [5, 5.41) is 8.94. The summed E-state index contributed by atoms with van der Waals surface area (Å²) in [7, 11) is 0. The summed E-state index contributed by atoms with van der Waals surface area (Å²) in [5.74, 6) is 0.828. The van der Waals surface area contributed by atoms with E-state index in [-0.39, 0.29) is 11.6 Å². The number of hydrogen-bond donors (Lipinski definition) is 1. The van der Waals surface area contributed by atoms with Crippen molar-refractivity contribution in [3.63, 3.8) is 0 Å². The van der Waals surface area contributed by atoms with Crippen molar-refractivity contribution in [3.8, 4) is 17.7 Å². The van der Waals surface area contributed by atoms with Crippen molar-refractivity contribution in [2.75, 3.05) is 12.3 Å². The van der Waals surface area contributed by atoms with Crippen molar-refractivity contribution in [2.24, 2.45) is 0 Å². The van der Waals surface area contributed by atoms with Gasteiger partial charge in [-0.25, -0.2) is 4.98 Å². The van der Waals surface area contributed by atoms with Crippen molar-refractivity contribution in [1.29, 1.82) is 5.26 Å². The highest BCUT2D eigenvalue weighted by atomic mass is 16.5. The second kappa shape index (κ2) is 6.46. The third-order valence-electron chi connectivity index (χ3n) is 3.25. The van der Waals surface area contributed by atoms with Crippen LogP contribution in [-0.4, -0.2) is 11.6 Å². The van der Waals surface area contributed by atoms with Gasteiger partial charge in [0.1, 0.15) is 17.5 Å². The van der Waals surface area contributed by atoms with E-state index in [2.05, 4.69) is 4.98 Å². The van der Waals surface area contributed by atoms with Crippen LogP contribution in [0.3, 0.4) is 0 Å². The number of nitriles is 1. The molecular weight excluding hydrogens is 278 g/mol. The molecule has 5 heteroatoms. The van der Waals surface area contributed by atoms with Gasteiger partial charge in [-0.2, -0.15) is 5.26 Å². The second-order valence-corrected chi connectivity index (χ2v) is 5.24. The first-order valence-corrected chi connectivity index (χ1v) is 7.06. The summed E-state index contributed by atoms with van der Waals surface area (Å²) < 4.78 is 11.6. The standard InChI is InChI=1S/C17H19N3O2/c1-4-21-17(2,3)13-7-5-6-8-15(13)22-16-14(19)10-9-12(11-18)20-16/h5-10H,4,19H2,1-3H3. The Morgan fingerprint density at radius 2 is 1.95 bits per heavy atom. The Kier molecular flexibility index (Phi) is 4.64. The van der Waals surface area contributed by atoms with Gasteiger partial charge < -0.3 is 15.2 Å². The van der Waals surface area contributed by atoms with Gasteiger partial charge in [-0.15, -0.1) is 0 Å². The highest BCUT2D eigenvalue weighted by Crippen LogP contribution is 2.36. The molecule has 1 heterocycles. The maximum Gasteiger partial charge on any atom is 0.243 e. The largest absolute Gasteiger partial charge is 0.437 e. The van der Waals surface area contributed by atoms with Crippen LogP contribution < -0.4 is 10.5 Å². The second-order valence-electron chi connectivity index (χ2n) is 5.24. The molecule has 5 nitrogen and oxygen atoms in total. The molecular formula is C17H19N3O2. The van der Waals surface area contributed by atoms with Crippen LogP contribution in [0, 0.1) is 11.3 Å². The summed E-state index contributed by atoms with van der Waals surface area (Å²) >= 11 is 0. The quantitative estimate of drug-likeness (QED) is 0.911. The molecule has 0 radical (unpaired) electrons. The van der Waals surface area contributed by atoms with E-state index in [4.69, 9.17) is 20.5 Å². The molecule has 0 amide bonds. The lowest BCUT2D eigenvalue weighted by atomic mass is 9.97. The van der Waals surface area contributed by atoms with Crippen LogP contribution in [0.2, 0.25) is 0 Å². The Labute approximate surface area is 130 Å². The minimum atomic E-state index is -0.507. The molecule has 0 saturated carbocycles. The van der Waals surface area contributed by atoms with Gasteiger partial charge in [-0.3, -0.25) is 0 Å². The van der Waals surface area contributed by atoms with Gasteiger partial charge in [0.2, 0.25) is 5.88 Å². The molecule has 0 atom stereocenters. The molecule has 0 spiro atoms. The fourth-order valence-electron chi connectivity index (χ4n) is 2.19. The Morgan fingerprint density at radius 3 is 2.64 bits per heavy atom. The van der Waals surface area contributed by atoms with E-state index < -0.39 is 5.60 Å². The molecule has 0 saturated heterocycles. The number of nitrogens with two attached hydrogens (primary N) is 1. The Morgan fingerprint density at radius 1 is 1.23 bits per heavy atom. The number of aromatic nitrogens is 1. The van der Waals surface area contributed by atoms with E-state index in [1.165, 1.54) is 0 Å². The van der Waals surface area contributed by atoms with Crippen molar-refractivity contribution < 1.29 is 9.47 Å². The number of nitrogens with zero attached hydrogens (tertiary/aromatic N) is 2. The van der Waals surface area contributed by atoms with Crippen LogP contribution in [0.15, 0.2) is 36.4 Å². The molecule has 114 valence electrons. The van der Waals surface area contributed by atoms with E-state index in [1.54, 1.807) is 12.1 Å². The van der Waals surface area contributed by atoms with Crippen LogP contribution in [-0.2, 0) is 10.3 Å². The number of benzene rings is 1. The average Bonchev–Trinajstić information content (AvgIpc) is 2.50. The summed E-state index contributed by atoms with van der Waals surface area (Å²) in [5.41, 5.74) is 6.90. The van der Waals surface area contributed by atoms with Crippen molar-refractivity contribution in [3.05, 3.63) is 47.7 Å². The van der Waals surface area contributed by atoms with Gasteiger partial charge >= 0.3 is 0 Å². The van der Waals surface area contributed by atoms with Gasteiger partial charge in [0.25, 0.3) is 0 Å². The van der Waals surface area contributed by atoms with Gasteiger partial charge in [-0.05, 0) is 39.0 Å². The van der Waals surface area contributed by atoms with E-state index in [0.717, 1.165) is 5.56 Å². The zero-order valence-electron chi connectivity index (χ0n) is 13.0. The highest BCUT2D eigenvalue weighted by molar-refractivity contribution is 5.52. The fourth-order valence-corrected chi connectivity index (χ4v) is 2.19. The van der Waals surface area contributed by atoms with Crippen LogP contribution in [0.25, 0.3) is 0 Å². The number of pyridine rings is 1. The number of rotatable bonds is 5. The normalized spacial score (nSPS) is 11.0. The van der Waals surface area contributed by atoms with Crippen molar-refractivity contribution in [2.45, 2.75) is 26.4 Å². The van der Waals surface area contributed by atoms with E-state index in [1.807, 2.05) is 51.1 Å². The van der Waals surface area contributed by atoms with Gasteiger partial charge in [0, 0.05) is 12.2 Å². The number of hydrogen-bond acceptors (Lipinski definition) is 5. The molecule has 0 aliphatic heterocycles. The van der Waals surface area contributed by atoms with Gasteiger partial charge in [-0.1, -0.05) is 18.2 Å². The van der Waals surface area contributed by atoms with E-state index >= 15 is 0 Å². The van der Waals surface area contributed by atoms with Crippen molar-refractivity contribution in [1.82, 2.24) is 4.98 Å². The molecule has 1 aromatic carbocycles. The first-order chi connectivity index (χ1) is 10.5. The topological polar surface area (TPSA) is 81.2 Å². The van der Waals surface area contributed by atoms with E-state index in [0.29, 0.717) is 18.0 Å². The molecule has 0 aliphatic rings. The first-order valence-electron chi connectivity index (χ1n) is 7.06. The number of anilines is 1. The van der Waals surface area contributed by atoms with Crippen LogP contribution in [0.4, 0.5) is 5.69 Å². The molecule has 0 aliphatic carbocycles. The summed E-state index contributed by atoms with van der Waals surface area (Å²) in [4.78, 5) is 4.11. The molecule has 0 unspecified atom stereocenters. The fraction of sp³-hybridized carbons (Fsp3) is 0.294. The zero-order valence-corrected chi connectivity index (χ0v) is 13.0. The molecule has 2 N–H and O–H groups in total. The maximum atomic E-state index is 8.94. The molecule has 22 heavy (non-hydrogen) atoms. The minimum Gasteiger partial charge on any atom is -0.437 e. The Bertz CT molecular complexity index is 705. The minimum absolute atomic E-state index is 0.221. The first kappa shape index (κ1) is 15.8. The Hall–Kier alpha value is -2.58. The maximum absolute atomic E-state index is 8.94. The predicted octanol–water partition coefficient (Wildman–Crippen LogP) is 3.60. The Balaban J connectivity index is 2.41. The number of para-hydroxylation sites is 1. The number of ether oxygens (including phenoxy) is 2. The lowest BCUT2D eigenvalue weighted by Gasteiger charge is -2.27. The lowest BCUT2D eigenvalue weighted by Crippen LogP contribution is -2.22. The third kappa shape index (κ3) is 3.35. The van der Waals surface area contributed by atoms with Crippen LogP contribution in [0.5, 0.6) is 11.6 Å². The lowest BCUT2D eigenvalue weighted by molar-refractivity contribution is -0.0153. The number of nitrogen functional groups attached to an aromatic ring is 1. The monoisotopic (exact) mass is 297 g/mol. The molecule has 2 aromatic rings. The molecule has 0 bridgehead atoms. The summed E-state index contributed by atoms with van der Waals surface area (Å²) in [6.45, 7) is 6.48. The SMILES string of the molecule is CCOC(C)(C)c1ccccc1Oc1nc(C#N)ccc1N. The summed E-state index contributed by atoms with van der Waals surface area (Å²) in [6, 6.07) is 12.7. The predicted molar refractivity (Wildman–Crippen MR) is 84.5 cm³/mol. The molecule has 2 rings (SSSR count). The van der Waals surface area contributed by atoms with Gasteiger partial charge in [0.05, 0.1) is 11.3 Å². The molecule has 1 aromatic heterocycles. The highest BCUT2D eigenvalue weighted by Gasteiger charge is 2.25. The average molecular weight is 297 g/mol. The van der Waals surface area contributed by atoms with Crippen LogP contribution in [0.1, 0.15) is 32.0 Å². The molecule has 0 fully saturated rings. The van der Waals surface area contributed by atoms with Crippen LogP contribution >= 0.6 is 0 Å².